The van der Waals surface area contributed by atoms with Crippen molar-refractivity contribution in [1.82, 2.24) is 5.32 Å². The molecular formula is C9H19NO5. The zero-order chi connectivity index (χ0) is 12.1. The largest absolute Gasteiger partial charge is 0.394 e. The van der Waals surface area contributed by atoms with Gasteiger partial charge in [-0.3, -0.25) is 0 Å². The fourth-order valence-electron chi connectivity index (χ4n) is 1.59. The lowest BCUT2D eigenvalue weighted by atomic mass is 9.97. The van der Waals surface area contributed by atoms with E-state index in [1.54, 1.807) is 0 Å². The summed E-state index contributed by atoms with van der Waals surface area (Å²) in [6.07, 6.45) is -4.11. The molecule has 15 heavy (non-hydrogen) atoms. The molecule has 6 nitrogen and oxygen atoms in total. The van der Waals surface area contributed by atoms with Gasteiger partial charge in [0.1, 0.15) is 18.3 Å². The Morgan fingerprint density at radius 1 is 1.33 bits per heavy atom. The molecule has 0 saturated carbocycles. The number of hydrogen-bond donors (Lipinski definition) is 5. The van der Waals surface area contributed by atoms with Gasteiger partial charge >= 0.3 is 0 Å². The Balaban J connectivity index is 2.50. The number of aliphatic hydroxyl groups is 4. The molecule has 1 rings (SSSR count). The van der Waals surface area contributed by atoms with Gasteiger partial charge in [0.05, 0.1) is 12.6 Å². The molecule has 0 aromatic heterocycles. The van der Waals surface area contributed by atoms with E-state index in [-0.39, 0.29) is 6.90 Å². The van der Waals surface area contributed by atoms with Gasteiger partial charge in [0, 0.05) is 1.37 Å². The second-order valence-corrected chi connectivity index (χ2v) is 3.56. The van der Waals surface area contributed by atoms with Crippen LogP contribution in [-0.2, 0) is 4.74 Å². The monoisotopic (exact) mass is 222 g/mol. The molecule has 5 N–H and O–H groups in total. The predicted octanol–water partition coefficient (Wildman–Crippen LogP) is -2.21. The van der Waals surface area contributed by atoms with Gasteiger partial charge in [0.25, 0.3) is 0 Å². The van der Waals surface area contributed by atoms with Crippen LogP contribution in [0.15, 0.2) is 0 Å². The van der Waals surface area contributed by atoms with Gasteiger partial charge in [-0.25, -0.2) is 0 Å². The Labute approximate surface area is 89.9 Å². The van der Waals surface area contributed by atoms with Crippen LogP contribution in [0.2, 0.25) is 0 Å². The van der Waals surface area contributed by atoms with Crippen molar-refractivity contribution >= 4 is 0 Å². The van der Waals surface area contributed by atoms with E-state index in [2.05, 4.69) is 5.32 Å². The van der Waals surface area contributed by atoms with Gasteiger partial charge in [-0.1, -0.05) is 6.90 Å². The second kappa shape index (κ2) is 5.74. The standard InChI is InChI=1S/C9H19NO5/c1-2-3-10-6-8(13)7(12)5(4-11)15-9(6)14/h5-14H,2-4H2,1H3/t5-,6+,7-,8-,9?/m1/s1/i1D. The maximum Gasteiger partial charge on any atom is 0.173 e. The van der Waals surface area contributed by atoms with Crippen molar-refractivity contribution in [2.45, 2.75) is 44.0 Å². The van der Waals surface area contributed by atoms with E-state index in [4.69, 9.17) is 11.2 Å². The van der Waals surface area contributed by atoms with Crippen LogP contribution < -0.4 is 5.32 Å². The average Bonchev–Trinajstić information content (AvgIpc) is 2.28. The van der Waals surface area contributed by atoms with Crippen LogP contribution in [0, 0.1) is 0 Å². The molecule has 0 spiro atoms. The number of ether oxygens (including phenoxy) is 1. The summed E-state index contributed by atoms with van der Waals surface area (Å²) in [7, 11) is 0. The molecule has 1 saturated heterocycles. The van der Waals surface area contributed by atoms with Crippen LogP contribution in [0.4, 0.5) is 0 Å². The van der Waals surface area contributed by atoms with Gasteiger partial charge < -0.3 is 30.5 Å². The van der Waals surface area contributed by atoms with Crippen LogP contribution in [0.5, 0.6) is 0 Å². The van der Waals surface area contributed by atoms with Gasteiger partial charge in [-0.05, 0) is 13.0 Å². The van der Waals surface area contributed by atoms with E-state index in [1.807, 2.05) is 0 Å². The summed E-state index contributed by atoms with van der Waals surface area (Å²) in [6, 6.07) is -0.802. The van der Waals surface area contributed by atoms with Crippen LogP contribution in [-0.4, -0.2) is 64.2 Å². The van der Waals surface area contributed by atoms with E-state index in [0.29, 0.717) is 13.0 Å². The van der Waals surface area contributed by atoms with Crippen molar-refractivity contribution in [3.05, 3.63) is 0 Å². The van der Waals surface area contributed by atoms with E-state index in [1.165, 1.54) is 0 Å². The molecule has 0 bridgehead atoms. The molecule has 1 aliphatic heterocycles. The average molecular weight is 222 g/mol. The van der Waals surface area contributed by atoms with Crippen molar-refractivity contribution in [2.24, 2.45) is 0 Å². The van der Waals surface area contributed by atoms with Gasteiger partial charge in [-0.2, -0.15) is 0 Å². The van der Waals surface area contributed by atoms with E-state index < -0.39 is 37.3 Å². The van der Waals surface area contributed by atoms with Gasteiger partial charge in [-0.15, -0.1) is 0 Å². The van der Waals surface area contributed by atoms with E-state index in [9.17, 15) is 15.3 Å². The smallest absolute Gasteiger partial charge is 0.173 e. The van der Waals surface area contributed by atoms with Crippen molar-refractivity contribution in [2.75, 3.05) is 13.2 Å². The number of nitrogens with one attached hydrogen (secondary N) is 1. The Morgan fingerprint density at radius 2 is 2.07 bits per heavy atom. The lowest BCUT2D eigenvalue weighted by Gasteiger charge is -2.40. The van der Waals surface area contributed by atoms with E-state index in [0.717, 1.165) is 0 Å². The highest BCUT2D eigenvalue weighted by molar-refractivity contribution is 4.92. The van der Waals surface area contributed by atoms with Crippen LogP contribution in [0.25, 0.3) is 0 Å². The Kier molecular flexibility index (Phi) is 4.30. The highest BCUT2D eigenvalue weighted by Crippen LogP contribution is 2.19. The Morgan fingerprint density at radius 3 is 2.67 bits per heavy atom. The van der Waals surface area contributed by atoms with Crippen molar-refractivity contribution in [1.29, 1.82) is 0 Å². The van der Waals surface area contributed by atoms with Gasteiger partial charge in [0.15, 0.2) is 6.29 Å². The van der Waals surface area contributed by atoms with Crippen molar-refractivity contribution in [3.63, 3.8) is 0 Å². The third-order valence-electron chi connectivity index (χ3n) is 2.46. The van der Waals surface area contributed by atoms with Crippen molar-refractivity contribution < 1.29 is 26.5 Å². The van der Waals surface area contributed by atoms with Gasteiger partial charge in [0.2, 0.25) is 0 Å². The summed E-state index contributed by atoms with van der Waals surface area (Å²) < 4.78 is 11.9. The normalized spacial score (nSPS) is 42.7. The third-order valence-corrected chi connectivity index (χ3v) is 2.46. The first kappa shape index (κ1) is 11.3. The zero-order valence-electron chi connectivity index (χ0n) is 9.41. The molecule has 6 heteroatoms. The predicted molar refractivity (Wildman–Crippen MR) is 52.1 cm³/mol. The molecule has 0 aliphatic carbocycles. The first-order valence-electron chi connectivity index (χ1n) is 5.65. The summed E-state index contributed by atoms with van der Waals surface area (Å²) in [6.45, 7) is 0.228. The summed E-state index contributed by atoms with van der Waals surface area (Å²) in [5.74, 6) is 0. The molecule has 5 atom stereocenters. The second-order valence-electron chi connectivity index (χ2n) is 3.56. The summed E-state index contributed by atoms with van der Waals surface area (Å²) in [5, 5.41) is 40.5. The quantitative estimate of drug-likeness (QED) is 0.346. The molecule has 1 unspecified atom stereocenters. The van der Waals surface area contributed by atoms with Crippen LogP contribution in [0.1, 0.15) is 14.7 Å². The molecular weight excluding hydrogens is 202 g/mol. The Hall–Kier alpha value is -0.240. The highest BCUT2D eigenvalue weighted by atomic mass is 16.6. The molecule has 0 amide bonds. The maximum atomic E-state index is 9.70. The van der Waals surface area contributed by atoms with Crippen molar-refractivity contribution in [3.8, 4) is 0 Å². The lowest BCUT2D eigenvalue weighted by Crippen LogP contribution is -2.63. The summed E-state index contributed by atoms with van der Waals surface area (Å²) in [4.78, 5) is 0. The van der Waals surface area contributed by atoms with Crippen LogP contribution >= 0.6 is 0 Å². The summed E-state index contributed by atoms with van der Waals surface area (Å²) >= 11 is 0. The first-order chi connectivity index (χ1) is 7.61. The maximum absolute atomic E-state index is 9.70. The lowest BCUT2D eigenvalue weighted by molar-refractivity contribution is -0.254. The first-order valence-corrected chi connectivity index (χ1v) is 4.95. The highest BCUT2D eigenvalue weighted by Gasteiger charge is 2.43. The third kappa shape index (κ3) is 2.87. The fraction of sp³-hybridized carbons (Fsp3) is 1.00. The number of aliphatic hydroxyl groups excluding tert-OH is 4. The van der Waals surface area contributed by atoms with Crippen LogP contribution in [0.3, 0.4) is 0 Å². The minimum atomic E-state index is -1.28. The fourth-order valence-corrected chi connectivity index (χ4v) is 1.59. The molecule has 0 radical (unpaired) electrons. The molecule has 90 valence electrons. The molecule has 0 aromatic rings. The van der Waals surface area contributed by atoms with E-state index >= 15 is 0 Å². The number of rotatable bonds is 4. The topological polar surface area (TPSA) is 102 Å². The zero-order valence-corrected chi connectivity index (χ0v) is 8.41. The number of hydrogen-bond acceptors (Lipinski definition) is 6. The molecule has 0 aromatic carbocycles. The molecule has 1 heterocycles. The SMILES string of the molecule is [2H]CCCN[C@@H]1C(O)O[C@H](CO)[C@@H](O)[C@@H]1O. The molecule has 1 aliphatic rings. The minimum absolute atomic E-state index is 0.245. The minimum Gasteiger partial charge on any atom is -0.394 e. The summed E-state index contributed by atoms with van der Waals surface area (Å²) in [5.41, 5.74) is 0. The Bertz CT molecular complexity index is 208. The molecule has 1 fully saturated rings.